The lowest BCUT2D eigenvalue weighted by atomic mass is 9.79. The Kier molecular flexibility index (Phi) is 5.58. The van der Waals surface area contributed by atoms with Gasteiger partial charge in [-0.15, -0.1) is 0 Å². The van der Waals surface area contributed by atoms with Crippen molar-refractivity contribution in [3.05, 3.63) is 0 Å². The van der Waals surface area contributed by atoms with E-state index in [1.807, 2.05) is 0 Å². The van der Waals surface area contributed by atoms with Gasteiger partial charge < -0.3 is 10.2 Å². The third kappa shape index (κ3) is 4.35. The lowest BCUT2D eigenvalue weighted by Gasteiger charge is -2.44. The molecule has 0 amide bonds. The number of likely N-dealkylation sites (N-methyl/N-ethyl adjacent to an activating group) is 1. The normalized spacial score (nSPS) is 30.6. The summed E-state index contributed by atoms with van der Waals surface area (Å²) in [5, 5.41) is 3.58. The van der Waals surface area contributed by atoms with Crippen LogP contribution in [0.4, 0.5) is 13.2 Å². The Bertz CT molecular complexity index is 314. The fourth-order valence-corrected chi connectivity index (χ4v) is 3.95. The molecule has 0 atom stereocenters. The van der Waals surface area contributed by atoms with Crippen molar-refractivity contribution >= 4 is 0 Å². The molecule has 0 unspecified atom stereocenters. The van der Waals surface area contributed by atoms with Crippen LogP contribution in [0.3, 0.4) is 0 Å². The van der Waals surface area contributed by atoms with Gasteiger partial charge in [0.2, 0.25) is 0 Å². The van der Waals surface area contributed by atoms with E-state index in [1.165, 1.54) is 32.1 Å². The minimum atomic E-state index is -4.00. The molecule has 2 saturated carbocycles. The largest absolute Gasteiger partial charge is 0.391 e. The third-order valence-electron chi connectivity index (χ3n) is 5.64. The van der Waals surface area contributed by atoms with Crippen LogP contribution in [-0.2, 0) is 0 Å². The van der Waals surface area contributed by atoms with Gasteiger partial charge in [-0.3, -0.25) is 0 Å². The molecule has 0 aromatic heterocycles. The SMILES string of the molecule is CN(C)C1(CNC2CCC(C(F)(F)F)CC2)CCCCC1. The monoisotopic (exact) mass is 306 g/mol. The standard InChI is InChI=1S/C16H29F3N2/c1-21(2)15(10-4-3-5-11-15)12-20-14-8-6-13(7-9-14)16(17,18)19/h13-14,20H,3-12H2,1-2H3. The second-order valence-corrected chi connectivity index (χ2v) is 7.15. The van der Waals surface area contributed by atoms with E-state index in [0.717, 1.165) is 6.54 Å². The maximum atomic E-state index is 12.7. The van der Waals surface area contributed by atoms with Crippen LogP contribution in [0.1, 0.15) is 57.8 Å². The van der Waals surface area contributed by atoms with Crippen LogP contribution in [0, 0.1) is 5.92 Å². The van der Waals surface area contributed by atoms with Crippen molar-refractivity contribution in [1.82, 2.24) is 10.2 Å². The summed E-state index contributed by atoms with van der Waals surface area (Å²) in [6.45, 7) is 0.918. The first kappa shape index (κ1) is 17.1. The van der Waals surface area contributed by atoms with E-state index in [9.17, 15) is 13.2 Å². The predicted octanol–water partition coefficient (Wildman–Crippen LogP) is 3.96. The van der Waals surface area contributed by atoms with Crippen molar-refractivity contribution in [2.24, 2.45) is 5.92 Å². The average Bonchev–Trinajstić information content (AvgIpc) is 2.45. The Morgan fingerprint density at radius 1 is 1.00 bits per heavy atom. The van der Waals surface area contributed by atoms with Gasteiger partial charge in [0, 0.05) is 18.1 Å². The van der Waals surface area contributed by atoms with E-state index < -0.39 is 12.1 Å². The first-order chi connectivity index (χ1) is 9.83. The van der Waals surface area contributed by atoms with Crippen LogP contribution >= 0.6 is 0 Å². The van der Waals surface area contributed by atoms with Crippen molar-refractivity contribution in [2.45, 2.75) is 75.5 Å². The Balaban J connectivity index is 1.80. The number of rotatable bonds is 4. The Labute approximate surface area is 126 Å². The summed E-state index contributed by atoms with van der Waals surface area (Å²) in [5.74, 6) is -1.08. The maximum absolute atomic E-state index is 12.7. The van der Waals surface area contributed by atoms with Gasteiger partial charge >= 0.3 is 6.18 Å². The van der Waals surface area contributed by atoms with Gasteiger partial charge in [0.25, 0.3) is 0 Å². The highest BCUT2D eigenvalue weighted by Crippen LogP contribution is 2.38. The smallest absolute Gasteiger partial charge is 0.312 e. The maximum Gasteiger partial charge on any atom is 0.391 e. The molecule has 2 rings (SSSR count). The Morgan fingerprint density at radius 3 is 2.05 bits per heavy atom. The van der Waals surface area contributed by atoms with Gasteiger partial charge in [-0.1, -0.05) is 19.3 Å². The van der Waals surface area contributed by atoms with E-state index in [-0.39, 0.29) is 24.4 Å². The zero-order valence-electron chi connectivity index (χ0n) is 13.3. The van der Waals surface area contributed by atoms with Crippen molar-refractivity contribution in [3.8, 4) is 0 Å². The molecule has 2 fully saturated rings. The van der Waals surface area contributed by atoms with Crippen LogP contribution in [0.5, 0.6) is 0 Å². The topological polar surface area (TPSA) is 15.3 Å². The summed E-state index contributed by atoms with van der Waals surface area (Å²) >= 11 is 0. The molecular formula is C16H29F3N2. The summed E-state index contributed by atoms with van der Waals surface area (Å²) in [4.78, 5) is 2.32. The molecule has 0 aliphatic heterocycles. The zero-order chi connectivity index (χ0) is 15.5. The summed E-state index contributed by atoms with van der Waals surface area (Å²) < 4.78 is 38.1. The number of nitrogens with zero attached hydrogens (tertiary/aromatic N) is 1. The lowest BCUT2D eigenvalue weighted by Crippen LogP contribution is -2.55. The van der Waals surface area contributed by atoms with E-state index >= 15 is 0 Å². The summed E-state index contributed by atoms with van der Waals surface area (Å²) in [5.41, 5.74) is 0.207. The van der Waals surface area contributed by atoms with Crippen LogP contribution in [-0.4, -0.2) is 43.3 Å². The van der Waals surface area contributed by atoms with E-state index in [4.69, 9.17) is 0 Å². The van der Waals surface area contributed by atoms with E-state index in [2.05, 4.69) is 24.3 Å². The molecule has 0 saturated heterocycles. The molecule has 0 radical (unpaired) electrons. The summed E-state index contributed by atoms with van der Waals surface area (Å²) in [6.07, 6.45) is 4.14. The molecule has 0 heterocycles. The lowest BCUT2D eigenvalue weighted by molar-refractivity contribution is -0.182. The molecule has 124 valence electrons. The van der Waals surface area contributed by atoms with Crippen LogP contribution in [0.25, 0.3) is 0 Å². The second kappa shape index (κ2) is 6.86. The van der Waals surface area contributed by atoms with Crippen molar-refractivity contribution in [3.63, 3.8) is 0 Å². The number of hydrogen-bond acceptors (Lipinski definition) is 2. The quantitative estimate of drug-likeness (QED) is 0.845. The molecule has 0 bridgehead atoms. The van der Waals surface area contributed by atoms with E-state index in [0.29, 0.717) is 12.8 Å². The summed E-state index contributed by atoms with van der Waals surface area (Å²) in [6, 6.07) is 0.266. The van der Waals surface area contributed by atoms with Gasteiger partial charge in [0.15, 0.2) is 0 Å². The first-order valence-corrected chi connectivity index (χ1v) is 8.31. The molecule has 0 aromatic carbocycles. The van der Waals surface area contributed by atoms with Gasteiger partial charge in [-0.05, 0) is 52.6 Å². The van der Waals surface area contributed by atoms with Gasteiger partial charge in [0.05, 0.1) is 5.92 Å². The number of hydrogen-bond donors (Lipinski definition) is 1. The van der Waals surface area contributed by atoms with Crippen molar-refractivity contribution < 1.29 is 13.2 Å². The van der Waals surface area contributed by atoms with Crippen LogP contribution in [0.2, 0.25) is 0 Å². The Morgan fingerprint density at radius 2 is 1.57 bits per heavy atom. The highest BCUT2D eigenvalue weighted by Gasteiger charge is 2.42. The summed E-state index contributed by atoms with van der Waals surface area (Å²) in [7, 11) is 4.26. The molecular weight excluding hydrogens is 277 g/mol. The first-order valence-electron chi connectivity index (χ1n) is 8.31. The third-order valence-corrected chi connectivity index (χ3v) is 5.64. The molecule has 0 spiro atoms. The van der Waals surface area contributed by atoms with Crippen LogP contribution < -0.4 is 5.32 Å². The fraction of sp³-hybridized carbons (Fsp3) is 1.00. The minimum Gasteiger partial charge on any atom is -0.312 e. The second-order valence-electron chi connectivity index (χ2n) is 7.15. The highest BCUT2D eigenvalue weighted by molar-refractivity contribution is 4.94. The number of halogens is 3. The zero-order valence-corrected chi connectivity index (χ0v) is 13.3. The predicted molar refractivity (Wildman–Crippen MR) is 79.3 cm³/mol. The molecule has 21 heavy (non-hydrogen) atoms. The van der Waals surface area contributed by atoms with Crippen molar-refractivity contribution in [1.29, 1.82) is 0 Å². The average molecular weight is 306 g/mol. The molecule has 2 nitrogen and oxygen atoms in total. The Hall–Kier alpha value is -0.290. The molecule has 1 N–H and O–H groups in total. The number of nitrogens with one attached hydrogen (secondary N) is 1. The highest BCUT2D eigenvalue weighted by atomic mass is 19.4. The molecule has 5 heteroatoms. The number of alkyl halides is 3. The molecule has 2 aliphatic rings. The molecule has 0 aromatic rings. The van der Waals surface area contributed by atoms with Crippen molar-refractivity contribution in [2.75, 3.05) is 20.6 Å². The van der Waals surface area contributed by atoms with E-state index in [1.54, 1.807) is 0 Å². The molecule has 2 aliphatic carbocycles. The van der Waals surface area contributed by atoms with Gasteiger partial charge in [0.1, 0.15) is 0 Å². The van der Waals surface area contributed by atoms with Gasteiger partial charge in [-0.2, -0.15) is 13.2 Å². The fourth-order valence-electron chi connectivity index (χ4n) is 3.95. The van der Waals surface area contributed by atoms with Crippen LogP contribution in [0.15, 0.2) is 0 Å². The van der Waals surface area contributed by atoms with Gasteiger partial charge in [-0.25, -0.2) is 0 Å². The minimum absolute atomic E-state index is 0.207.